The third-order valence-electron chi connectivity index (χ3n) is 3.79. The zero-order chi connectivity index (χ0) is 14.7. The zero-order valence-electron chi connectivity index (χ0n) is 12.1. The maximum atomic E-state index is 5.83. The van der Waals surface area contributed by atoms with Gasteiger partial charge in [-0.2, -0.15) is 0 Å². The third kappa shape index (κ3) is 3.44. The normalized spacial score (nSPS) is 17.9. The number of hydrogen-bond donors (Lipinski definition) is 1. The van der Waals surface area contributed by atoms with E-state index >= 15 is 0 Å². The summed E-state index contributed by atoms with van der Waals surface area (Å²) >= 11 is 3.50. The van der Waals surface area contributed by atoms with Crippen molar-refractivity contribution in [1.29, 1.82) is 0 Å². The van der Waals surface area contributed by atoms with E-state index in [0.717, 1.165) is 48.5 Å². The summed E-state index contributed by atoms with van der Waals surface area (Å²) in [6.45, 7) is 1.66. The SMILES string of the molecule is Cn1cnnc1CCNC1CCCOc2cc(Br)ccc21. The van der Waals surface area contributed by atoms with Crippen LogP contribution in [0.1, 0.15) is 30.3 Å². The lowest BCUT2D eigenvalue weighted by Crippen LogP contribution is -2.24. The standard InChI is InChI=1S/C15H19BrN4O/c1-20-10-18-19-15(20)6-7-17-13-3-2-8-21-14-9-11(16)4-5-12(13)14/h4-5,9-10,13,17H,2-3,6-8H2,1H3. The predicted octanol–water partition coefficient (Wildman–Crippen LogP) is 2.62. The van der Waals surface area contributed by atoms with E-state index in [0.29, 0.717) is 6.04 Å². The Morgan fingerprint density at radius 2 is 2.38 bits per heavy atom. The van der Waals surface area contributed by atoms with Crippen molar-refractivity contribution >= 4 is 15.9 Å². The average molecular weight is 351 g/mol. The molecule has 0 radical (unpaired) electrons. The molecule has 0 spiro atoms. The monoisotopic (exact) mass is 350 g/mol. The molecule has 21 heavy (non-hydrogen) atoms. The molecule has 6 heteroatoms. The summed E-state index contributed by atoms with van der Waals surface area (Å²) in [5, 5.41) is 11.6. The van der Waals surface area contributed by atoms with Crippen molar-refractivity contribution in [3.05, 3.63) is 40.4 Å². The molecule has 1 aliphatic rings. The summed E-state index contributed by atoms with van der Waals surface area (Å²) in [6.07, 6.45) is 4.77. The Morgan fingerprint density at radius 3 is 3.19 bits per heavy atom. The number of nitrogens with zero attached hydrogens (tertiary/aromatic N) is 3. The fraction of sp³-hybridized carbons (Fsp3) is 0.467. The fourth-order valence-corrected chi connectivity index (χ4v) is 2.99. The third-order valence-corrected chi connectivity index (χ3v) is 4.28. The van der Waals surface area contributed by atoms with Crippen LogP contribution in [-0.2, 0) is 13.5 Å². The second kappa shape index (κ2) is 6.58. The van der Waals surface area contributed by atoms with Crippen LogP contribution in [0.3, 0.4) is 0 Å². The summed E-state index contributed by atoms with van der Waals surface area (Å²) in [5.74, 6) is 1.99. The maximum Gasteiger partial charge on any atom is 0.133 e. The Labute approximate surface area is 132 Å². The van der Waals surface area contributed by atoms with Gasteiger partial charge in [-0.3, -0.25) is 0 Å². The van der Waals surface area contributed by atoms with Crippen molar-refractivity contribution in [1.82, 2.24) is 20.1 Å². The number of benzene rings is 1. The van der Waals surface area contributed by atoms with E-state index in [4.69, 9.17) is 4.74 Å². The molecular weight excluding hydrogens is 332 g/mol. The molecule has 0 saturated heterocycles. The molecule has 2 heterocycles. The largest absolute Gasteiger partial charge is 0.493 e. The molecule has 2 aromatic rings. The number of aromatic nitrogens is 3. The van der Waals surface area contributed by atoms with Gasteiger partial charge in [0.15, 0.2) is 0 Å². The highest BCUT2D eigenvalue weighted by atomic mass is 79.9. The number of hydrogen-bond acceptors (Lipinski definition) is 4. The van der Waals surface area contributed by atoms with E-state index in [1.54, 1.807) is 6.33 Å². The molecule has 0 amide bonds. The van der Waals surface area contributed by atoms with Gasteiger partial charge in [-0.05, 0) is 25.0 Å². The number of aryl methyl sites for hydroxylation is 1. The van der Waals surface area contributed by atoms with Crippen LogP contribution in [0.5, 0.6) is 5.75 Å². The molecule has 0 aliphatic carbocycles. The topological polar surface area (TPSA) is 52.0 Å². The molecule has 0 saturated carbocycles. The van der Waals surface area contributed by atoms with Crippen LogP contribution in [0.4, 0.5) is 0 Å². The summed E-state index contributed by atoms with van der Waals surface area (Å²) in [5.41, 5.74) is 1.24. The van der Waals surface area contributed by atoms with Gasteiger partial charge in [0.1, 0.15) is 17.9 Å². The first-order valence-corrected chi connectivity index (χ1v) is 8.02. The van der Waals surface area contributed by atoms with Gasteiger partial charge in [0.05, 0.1) is 6.61 Å². The summed E-state index contributed by atoms with van der Waals surface area (Å²) < 4.78 is 8.85. The molecule has 0 bridgehead atoms. The van der Waals surface area contributed by atoms with E-state index in [1.807, 2.05) is 11.6 Å². The first-order valence-electron chi connectivity index (χ1n) is 7.22. The van der Waals surface area contributed by atoms with Crippen molar-refractivity contribution in [2.75, 3.05) is 13.2 Å². The van der Waals surface area contributed by atoms with E-state index in [2.05, 4.69) is 49.6 Å². The van der Waals surface area contributed by atoms with Crippen molar-refractivity contribution < 1.29 is 4.74 Å². The van der Waals surface area contributed by atoms with Crippen LogP contribution in [0.25, 0.3) is 0 Å². The minimum absolute atomic E-state index is 0.337. The van der Waals surface area contributed by atoms with E-state index < -0.39 is 0 Å². The van der Waals surface area contributed by atoms with Gasteiger partial charge in [-0.25, -0.2) is 0 Å². The van der Waals surface area contributed by atoms with Crippen LogP contribution < -0.4 is 10.1 Å². The van der Waals surface area contributed by atoms with Gasteiger partial charge in [0.2, 0.25) is 0 Å². The van der Waals surface area contributed by atoms with Crippen LogP contribution in [0.2, 0.25) is 0 Å². The Kier molecular flexibility index (Phi) is 4.55. The molecule has 1 aliphatic heterocycles. The highest BCUT2D eigenvalue weighted by Gasteiger charge is 2.19. The van der Waals surface area contributed by atoms with Crippen LogP contribution in [-0.4, -0.2) is 27.9 Å². The molecule has 1 aromatic heterocycles. The molecule has 112 valence electrons. The van der Waals surface area contributed by atoms with Crippen LogP contribution >= 0.6 is 15.9 Å². The van der Waals surface area contributed by atoms with Gasteiger partial charge in [-0.15, -0.1) is 10.2 Å². The van der Waals surface area contributed by atoms with E-state index in [9.17, 15) is 0 Å². The van der Waals surface area contributed by atoms with Crippen LogP contribution in [0.15, 0.2) is 29.0 Å². The molecule has 5 nitrogen and oxygen atoms in total. The Bertz CT molecular complexity index is 613. The summed E-state index contributed by atoms with van der Waals surface area (Å²) in [6, 6.07) is 6.61. The van der Waals surface area contributed by atoms with E-state index in [1.165, 1.54) is 5.56 Å². The lowest BCUT2D eigenvalue weighted by Gasteiger charge is -2.18. The number of nitrogens with one attached hydrogen (secondary N) is 1. The number of fused-ring (bicyclic) bond motifs is 1. The summed E-state index contributed by atoms with van der Waals surface area (Å²) in [7, 11) is 1.97. The first-order chi connectivity index (χ1) is 10.2. The minimum atomic E-state index is 0.337. The minimum Gasteiger partial charge on any atom is -0.493 e. The molecule has 1 unspecified atom stereocenters. The molecule has 1 N–H and O–H groups in total. The highest BCUT2D eigenvalue weighted by Crippen LogP contribution is 2.33. The molecule has 1 atom stereocenters. The Morgan fingerprint density at radius 1 is 1.48 bits per heavy atom. The van der Waals surface area contributed by atoms with Gasteiger partial charge in [0.25, 0.3) is 0 Å². The Balaban J connectivity index is 1.67. The van der Waals surface area contributed by atoms with Crippen LogP contribution in [0, 0.1) is 0 Å². The molecular formula is C15H19BrN4O. The average Bonchev–Trinajstić information content (AvgIpc) is 2.77. The fourth-order valence-electron chi connectivity index (χ4n) is 2.65. The molecule has 0 fully saturated rings. The Hall–Kier alpha value is -1.40. The second-order valence-electron chi connectivity index (χ2n) is 5.29. The maximum absolute atomic E-state index is 5.83. The van der Waals surface area contributed by atoms with Crippen molar-refractivity contribution in [3.63, 3.8) is 0 Å². The van der Waals surface area contributed by atoms with Gasteiger partial charge < -0.3 is 14.6 Å². The lowest BCUT2D eigenvalue weighted by molar-refractivity contribution is 0.315. The smallest absolute Gasteiger partial charge is 0.133 e. The van der Waals surface area contributed by atoms with Crippen molar-refractivity contribution in [2.45, 2.75) is 25.3 Å². The number of rotatable bonds is 4. The zero-order valence-corrected chi connectivity index (χ0v) is 13.6. The number of ether oxygens (including phenoxy) is 1. The quantitative estimate of drug-likeness (QED) is 0.920. The predicted molar refractivity (Wildman–Crippen MR) is 84.3 cm³/mol. The second-order valence-corrected chi connectivity index (χ2v) is 6.20. The van der Waals surface area contributed by atoms with E-state index in [-0.39, 0.29) is 0 Å². The van der Waals surface area contributed by atoms with Gasteiger partial charge >= 0.3 is 0 Å². The van der Waals surface area contributed by atoms with Gasteiger partial charge in [-0.1, -0.05) is 22.0 Å². The molecule has 1 aromatic carbocycles. The van der Waals surface area contributed by atoms with Crippen molar-refractivity contribution in [3.8, 4) is 5.75 Å². The molecule has 3 rings (SSSR count). The lowest BCUT2D eigenvalue weighted by atomic mass is 10.0. The highest BCUT2D eigenvalue weighted by molar-refractivity contribution is 9.10. The van der Waals surface area contributed by atoms with Crippen molar-refractivity contribution in [2.24, 2.45) is 7.05 Å². The summed E-state index contributed by atoms with van der Waals surface area (Å²) in [4.78, 5) is 0. The van der Waals surface area contributed by atoms with Gasteiger partial charge in [0, 0.05) is 36.1 Å². The first kappa shape index (κ1) is 14.5. The number of halogens is 1.